The fraction of sp³-hybridized carbons (Fsp3) is 0.417. The standard InChI is InChI=1S/C24H29NO4S/c1-6-7-8-10-25-19(23-15(3)9-11-30-23)18(21(27)24(25)28)20(26)17-13-14(2)12-16(4)22(17)29-5/h9,11-13,19,26H,6-8,10H2,1-5H3/b20-18+. The number of carbonyl (C=O) groups is 2. The Hall–Kier alpha value is -2.60. The second-order valence-electron chi connectivity index (χ2n) is 7.83. The normalized spacial score (nSPS) is 18.3. The molecule has 3 rings (SSSR count). The summed E-state index contributed by atoms with van der Waals surface area (Å²) in [5.74, 6) is -0.846. The molecule has 0 aliphatic carbocycles. The van der Waals surface area contributed by atoms with Crippen LogP contribution in [0.25, 0.3) is 5.76 Å². The molecule has 1 aliphatic heterocycles. The van der Waals surface area contributed by atoms with Crippen LogP contribution in [0.4, 0.5) is 0 Å². The van der Waals surface area contributed by atoms with Gasteiger partial charge in [-0.1, -0.05) is 25.8 Å². The van der Waals surface area contributed by atoms with Gasteiger partial charge in [0.2, 0.25) is 0 Å². The monoisotopic (exact) mass is 427 g/mol. The van der Waals surface area contributed by atoms with Crippen LogP contribution in [0.5, 0.6) is 5.75 Å². The summed E-state index contributed by atoms with van der Waals surface area (Å²) >= 11 is 1.50. The first-order valence-electron chi connectivity index (χ1n) is 10.3. The summed E-state index contributed by atoms with van der Waals surface area (Å²) in [4.78, 5) is 28.6. The van der Waals surface area contributed by atoms with Gasteiger partial charge in [0.05, 0.1) is 24.3 Å². The number of amides is 1. The van der Waals surface area contributed by atoms with E-state index in [1.165, 1.54) is 11.3 Å². The third-order valence-electron chi connectivity index (χ3n) is 5.57. The largest absolute Gasteiger partial charge is 0.507 e. The van der Waals surface area contributed by atoms with Crippen molar-refractivity contribution >= 4 is 28.8 Å². The first-order chi connectivity index (χ1) is 14.3. The number of unbranched alkanes of at least 4 members (excludes halogenated alkanes) is 2. The molecule has 0 spiro atoms. The molecule has 0 bridgehead atoms. The predicted molar refractivity (Wildman–Crippen MR) is 120 cm³/mol. The van der Waals surface area contributed by atoms with Crippen LogP contribution in [-0.2, 0) is 9.59 Å². The van der Waals surface area contributed by atoms with Crippen LogP contribution in [0.1, 0.15) is 59.4 Å². The van der Waals surface area contributed by atoms with Crippen LogP contribution >= 0.6 is 11.3 Å². The Bertz CT molecular complexity index is 1000. The zero-order chi connectivity index (χ0) is 22.0. The van der Waals surface area contributed by atoms with Gasteiger partial charge in [0.25, 0.3) is 11.7 Å². The van der Waals surface area contributed by atoms with Gasteiger partial charge < -0.3 is 14.7 Å². The third-order valence-corrected chi connectivity index (χ3v) is 6.64. The fourth-order valence-electron chi connectivity index (χ4n) is 4.13. The van der Waals surface area contributed by atoms with Gasteiger partial charge in [-0.25, -0.2) is 0 Å². The van der Waals surface area contributed by atoms with Crippen molar-refractivity contribution in [3.05, 3.63) is 56.3 Å². The fourth-order valence-corrected chi connectivity index (χ4v) is 5.17. The van der Waals surface area contributed by atoms with E-state index in [9.17, 15) is 14.7 Å². The molecule has 1 atom stereocenters. The van der Waals surface area contributed by atoms with Crippen LogP contribution in [-0.4, -0.2) is 35.4 Å². The lowest BCUT2D eigenvalue weighted by molar-refractivity contribution is -0.139. The number of ketones is 1. The summed E-state index contributed by atoms with van der Waals surface area (Å²) in [6.07, 6.45) is 2.81. The van der Waals surface area contributed by atoms with Gasteiger partial charge in [-0.15, -0.1) is 11.3 Å². The third kappa shape index (κ3) is 3.88. The number of hydrogen-bond acceptors (Lipinski definition) is 5. The molecule has 1 N–H and O–H groups in total. The lowest BCUT2D eigenvalue weighted by Crippen LogP contribution is -2.30. The smallest absolute Gasteiger partial charge is 0.295 e. The highest BCUT2D eigenvalue weighted by Gasteiger charge is 2.47. The molecule has 160 valence electrons. The number of nitrogens with zero attached hydrogens (tertiary/aromatic N) is 1. The first kappa shape index (κ1) is 22.1. The number of benzene rings is 1. The summed E-state index contributed by atoms with van der Waals surface area (Å²) in [6, 6.07) is 5.15. The molecule has 2 heterocycles. The number of aliphatic hydroxyl groups excluding tert-OH is 1. The van der Waals surface area contributed by atoms with E-state index >= 15 is 0 Å². The van der Waals surface area contributed by atoms with E-state index in [2.05, 4.69) is 6.92 Å². The van der Waals surface area contributed by atoms with E-state index in [1.807, 2.05) is 38.3 Å². The molecule has 1 fully saturated rings. The molecular weight excluding hydrogens is 398 g/mol. The lowest BCUT2D eigenvalue weighted by Gasteiger charge is -2.25. The lowest BCUT2D eigenvalue weighted by atomic mass is 9.96. The van der Waals surface area contributed by atoms with Gasteiger partial charge in [0, 0.05) is 11.4 Å². The Morgan fingerprint density at radius 3 is 2.50 bits per heavy atom. The molecule has 0 saturated carbocycles. The summed E-state index contributed by atoms with van der Waals surface area (Å²) < 4.78 is 5.53. The van der Waals surface area contributed by atoms with Crippen molar-refractivity contribution in [3.8, 4) is 5.75 Å². The molecule has 6 heteroatoms. The van der Waals surface area contributed by atoms with Crippen molar-refractivity contribution in [2.24, 2.45) is 0 Å². The molecule has 2 aromatic rings. The minimum absolute atomic E-state index is 0.144. The summed E-state index contributed by atoms with van der Waals surface area (Å²) in [6.45, 7) is 8.37. The number of likely N-dealkylation sites (tertiary alicyclic amines) is 1. The second kappa shape index (κ2) is 9.04. The van der Waals surface area contributed by atoms with Crippen LogP contribution in [0.3, 0.4) is 0 Å². The predicted octanol–water partition coefficient (Wildman–Crippen LogP) is 5.29. The SMILES string of the molecule is CCCCCN1C(=O)C(=O)/C(=C(/O)c2cc(C)cc(C)c2OC)C1c1sccc1C. The van der Waals surface area contributed by atoms with Gasteiger partial charge in [-0.3, -0.25) is 9.59 Å². The van der Waals surface area contributed by atoms with Gasteiger partial charge in [0.15, 0.2) is 0 Å². The number of hydrogen-bond donors (Lipinski definition) is 1. The highest BCUT2D eigenvalue weighted by Crippen LogP contribution is 2.44. The number of aliphatic hydroxyl groups is 1. The van der Waals surface area contributed by atoms with E-state index in [0.29, 0.717) is 17.9 Å². The molecule has 30 heavy (non-hydrogen) atoms. The van der Waals surface area contributed by atoms with Crippen LogP contribution in [0, 0.1) is 20.8 Å². The number of methoxy groups -OCH3 is 1. The summed E-state index contributed by atoms with van der Waals surface area (Å²) in [7, 11) is 1.54. The molecule has 0 radical (unpaired) electrons. The average Bonchev–Trinajstić information content (AvgIpc) is 3.22. The van der Waals surface area contributed by atoms with Crippen molar-refractivity contribution in [1.82, 2.24) is 4.90 Å². The molecule has 1 saturated heterocycles. The zero-order valence-corrected chi connectivity index (χ0v) is 19.1. The van der Waals surface area contributed by atoms with Gasteiger partial charge in [-0.05, 0) is 61.4 Å². The van der Waals surface area contributed by atoms with Gasteiger partial charge >= 0.3 is 0 Å². The molecular formula is C24H29NO4S. The maximum atomic E-state index is 13.1. The molecule has 1 aliphatic rings. The van der Waals surface area contributed by atoms with E-state index in [0.717, 1.165) is 40.8 Å². The Balaban J connectivity index is 2.21. The maximum Gasteiger partial charge on any atom is 0.295 e. The Morgan fingerprint density at radius 1 is 1.17 bits per heavy atom. The maximum absolute atomic E-state index is 13.1. The molecule has 5 nitrogen and oxygen atoms in total. The number of carbonyl (C=O) groups excluding carboxylic acids is 2. The Kier molecular flexibility index (Phi) is 6.66. The van der Waals surface area contributed by atoms with Crippen molar-refractivity contribution in [3.63, 3.8) is 0 Å². The van der Waals surface area contributed by atoms with E-state index < -0.39 is 17.7 Å². The van der Waals surface area contributed by atoms with Crippen molar-refractivity contribution in [1.29, 1.82) is 0 Å². The summed E-state index contributed by atoms with van der Waals surface area (Å²) in [5, 5.41) is 13.3. The van der Waals surface area contributed by atoms with Crippen molar-refractivity contribution in [2.75, 3.05) is 13.7 Å². The quantitative estimate of drug-likeness (QED) is 0.282. The van der Waals surface area contributed by atoms with E-state index in [4.69, 9.17) is 4.74 Å². The Morgan fingerprint density at radius 2 is 1.90 bits per heavy atom. The number of Topliss-reactive ketones (excluding diaryl/α,β-unsaturated/α-hetero) is 1. The van der Waals surface area contributed by atoms with Crippen LogP contribution in [0.2, 0.25) is 0 Å². The van der Waals surface area contributed by atoms with Crippen LogP contribution in [0.15, 0.2) is 29.2 Å². The topological polar surface area (TPSA) is 66.8 Å². The van der Waals surface area contributed by atoms with Gasteiger partial charge in [0.1, 0.15) is 11.5 Å². The average molecular weight is 428 g/mol. The zero-order valence-electron chi connectivity index (χ0n) is 18.2. The summed E-state index contributed by atoms with van der Waals surface area (Å²) in [5.41, 5.74) is 3.40. The highest BCUT2D eigenvalue weighted by atomic mass is 32.1. The van der Waals surface area contributed by atoms with E-state index in [1.54, 1.807) is 18.1 Å². The van der Waals surface area contributed by atoms with Crippen molar-refractivity contribution in [2.45, 2.75) is 53.0 Å². The Labute approximate surface area is 182 Å². The molecule has 1 aromatic carbocycles. The van der Waals surface area contributed by atoms with Crippen molar-refractivity contribution < 1.29 is 19.4 Å². The number of aryl methyl sites for hydroxylation is 3. The minimum atomic E-state index is -0.636. The first-order valence-corrected chi connectivity index (χ1v) is 11.2. The van der Waals surface area contributed by atoms with Crippen LogP contribution < -0.4 is 4.74 Å². The highest BCUT2D eigenvalue weighted by molar-refractivity contribution is 7.10. The number of ether oxygens (including phenoxy) is 1. The molecule has 1 amide bonds. The molecule has 1 aromatic heterocycles. The minimum Gasteiger partial charge on any atom is -0.507 e. The number of rotatable bonds is 7. The van der Waals surface area contributed by atoms with E-state index in [-0.39, 0.29) is 11.3 Å². The number of thiophene rings is 1. The van der Waals surface area contributed by atoms with Gasteiger partial charge in [-0.2, -0.15) is 0 Å². The second-order valence-corrected chi connectivity index (χ2v) is 8.78. The molecule has 1 unspecified atom stereocenters.